The molecule has 0 fully saturated rings. The number of hydrogen-bond donors (Lipinski definition) is 2. The van der Waals surface area contributed by atoms with Gasteiger partial charge in [0, 0.05) is 4.47 Å². The molecule has 1 atom stereocenters. The van der Waals surface area contributed by atoms with Crippen molar-refractivity contribution in [2.75, 3.05) is 0 Å². The molecule has 0 saturated carbocycles. The van der Waals surface area contributed by atoms with Gasteiger partial charge < -0.3 is 10.4 Å². The van der Waals surface area contributed by atoms with Crippen LogP contribution in [0.1, 0.15) is 34.7 Å². The summed E-state index contributed by atoms with van der Waals surface area (Å²) in [7, 11) is 0. The second kappa shape index (κ2) is 7.06. The quantitative estimate of drug-likeness (QED) is 0.701. The standard InChI is InChI=1S/C18H17BrN4O2/c1-11(13-5-3-8-16(24)9-13)20-18(25)17-12(2)23(22-21-17)15-7-4-6-14(19)10-15/h3-11,24H,1-2H3,(H,20,25). The maximum absolute atomic E-state index is 12.5. The van der Waals surface area contributed by atoms with E-state index in [0.717, 1.165) is 15.7 Å². The third-order valence-electron chi connectivity index (χ3n) is 3.88. The summed E-state index contributed by atoms with van der Waals surface area (Å²) >= 11 is 3.42. The molecule has 0 bridgehead atoms. The van der Waals surface area contributed by atoms with E-state index in [0.29, 0.717) is 5.69 Å². The third-order valence-corrected chi connectivity index (χ3v) is 4.37. The van der Waals surface area contributed by atoms with Crippen molar-refractivity contribution in [3.8, 4) is 11.4 Å². The highest BCUT2D eigenvalue weighted by molar-refractivity contribution is 9.10. The van der Waals surface area contributed by atoms with Crippen LogP contribution < -0.4 is 5.32 Å². The fourth-order valence-corrected chi connectivity index (χ4v) is 2.92. The molecule has 0 radical (unpaired) electrons. The van der Waals surface area contributed by atoms with Crippen molar-refractivity contribution in [2.45, 2.75) is 19.9 Å². The number of aromatic hydroxyl groups is 1. The first-order chi connectivity index (χ1) is 12.0. The van der Waals surface area contributed by atoms with E-state index < -0.39 is 0 Å². The first kappa shape index (κ1) is 17.2. The topological polar surface area (TPSA) is 80.0 Å². The highest BCUT2D eigenvalue weighted by atomic mass is 79.9. The van der Waals surface area contributed by atoms with Gasteiger partial charge in [-0.25, -0.2) is 4.68 Å². The van der Waals surface area contributed by atoms with E-state index in [1.54, 1.807) is 29.8 Å². The molecule has 0 spiro atoms. The molecule has 0 aliphatic rings. The van der Waals surface area contributed by atoms with Crippen LogP contribution in [0.5, 0.6) is 5.75 Å². The van der Waals surface area contributed by atoms with Crippen LogP contribution in [-0.4, -0.2) is 26.0 Å². The molecule has 25 heavy (non-hydrogen) atoms. The predicted molar refractivity (Wildman–Crippen MR) is 97.8 cm³/mol. The summed E-state index contributed by atoms with van der Waals surface area (Å²) < 4.78 is 2.54. The fraction of sp³-hybridized carbons (Fsp3) is 0.167. The molecule has 0 aliphatic carbocycles. The molecular weight excluding hydrogens is 384 g/mol. The van der Waals surface area contributed by atoms with Crippen LogP contribution in [0.2, 0.25) is 0 Å². The summed E-state index contributed by atoms with van der Waals surface area (Å²) in [6, 6.07) is 14.1. The summed E-state index contributed by atoms with van der Waals surface area (Å²) in [6.07, 6.45) is 0. The van der Waals surface area contributed by atoms with Gasteiger partial charge in [0.05, 0.1) is 17.4 Å². The molecule has 1 heterocycles. The molecule has 1 amide bonds. The van der Waals surface area contributed by atoms with Gasteiger partial charge in [0.2, 0.25) is 0 Å². The lowest BCUT2D eigenvalue weighted by atomic mass is 10.1. The zero-order valence-electron chi connectivity index (χ0n) is 13.8. The van der Waals surface area contributed by atoms with Crippen LogP contribution in [0.25, 0.3) is 5.69 Å². The number of carbonyl (C=O) groups is 1. The first-order valence-corrected chi connectivity index (χ1v) is 8.53. The van der Waals surface area contributed by atoms with E-state index >= 15 is 0 Å². The Morgan fingerprint density at radius 3 is 2.72 bits per heavy atom. The number of rotatable bonds is 4. The van der Waals surface area contributed by atoms with E-state index in [-0.39, 0.29) is 23.4 Å². The van der Waals surface area contributed by atoms with Gasteiger partial charge in [-0.2, -0.15) is 0 Å². The van der Waals surface area contributed by atoms with Gasteiger partial charge in [-0.3, -0.25) is 4.79 Å². The first-order valence-electron chi connectivity index (χ1n) is 7.73. The molecule has 0 saturated heterocycles. The molecule has 1 unspecified atom stereocenters. The van der Waals surface area contributed by atoms with Crippen LogP contribution in [0.3, 0.4) is 0 Å². The van der Waals surface area contributed by atoms with Crippen LogP contribution in [0.15, 0.2) is 53.0 Å². The molecule has 1 aromatic heterocycles. The Morgan fingerprint density at radius 1 is 1.24 bits per heavy atom. The molecular formula is C18H17BrN4O2. The zero-order chi connectivity index (χ0) is 18.0. The summed E-state index contributed by atoms with van der Waals surface area (Å²) in [5.41, 5.74) is 2.55. The third kappa shape index (κ3) is 3.71. The van der Waals surface area contributed by atoms with E-state index in [1.807, 2.05) is 37.3 Å². The minimum Gasteiger partial charge on any atom is -0.508 e. The number of benzene rings is 2. The lowest BCUT2D eigenvalue weighted by molar-refractivity contribution is 0.0934. The SMILES string of the molecule is Cc1c(C(=O)NC(C)c2cccc(O)c2)nnn1-c1cccc(Br)c1. The van der Waals surface area contributed by atoms with Gasteiger partial charge in [0.1, 0.15) is 5.75 Å². The van der Waals surface area contributed by atoms with Gasteiger partial charge in [0.15, 0.2) is 5.69 Å². The van der Waals surface area contributed by atoms with Gasteiger partial charge in [0.25, 0.3) is 5.91 Å². The Hall–Kier alpha value is -2.67. The summed E-state index contributed by atoms with van der Waals surface area (Å²) in [5.74, 6) is -0.148. The maximum Gasteiger partial charge on any atom is 0.274 e. The molecule has 2 N–H and O–H groups in total. The number of phenolic OH excluding ortho intramolecular Hbond substituents is 1. The lowest BCUT2D eigenvalue weighted by Gasteiger charge is -2.14. The maximum atomic E-state index is 12.5. The number of aromatic nitrogens is 3. The Balaban J connectivity index is 1.81. The number of nitrogens with one attached hydrogen (secondary N) is 1. The van der Waals surface area contributed by atoms with Crippen molar-refractivity contribution in [1.82, 2.24) is 20.3 Å². The second-order valence-corrected chi connectivity index (χ2v) is 6.62. The Kier molecular flexibility index (Phi) is 4.85. The van der Waals surface area contributed by atoms with E-state index in [2.05, 4.69) is 31.6 Å². The predicted octanol–water partition coefficient (Wildman–Crippen LogP) is 3.53. The number of amides is 1. The largest absolute Gasteiger partial charge is 0.508 e. The highest BCUT2D eigenvalue weighted by Gasteiger charge is 2.19. The Morgan fingerprint density at radius 2 is 2.00 bits per heavy atom. The number of carbonyl (C=O) groups excluding carboxylic acids is 1. The minimum absolute atomic E-state index is 0.162. The number of halogens is 1. The monoisotopic (exact) mass is 400 g/mol. The van der Waals surface area contributed by atoms with Crippen LogP contribution >= 0.6 is 15.9 Å². The molecule has 7 heteroatoms. The molecule has 0 aliphatic heterocycles. The van der Waals surface area contributed by atoms with Crippen molar-refractivity contribution in [1.29, 1.82) is 0 Å². The van der Waals surface area contributed by atoms with E-state index in [9.17, 15) is 9.90 Å². The average molecular weight is 401 g/mol. The van der Waals surface area contributed by atoms with Crippen LogP contribution in [-0.2, 0) is 0 Å². The summed E-state index contributed by atoms with van der Waals surface area (Å²) in [6.45, 7) is 3.65. The van der Waals surface area contributed by atoms with Crippen molar-refractivity contribution >= 4 is 21.8 Å². The van der Waals surface area contributed by atoms with Crippen molar-refractivity contribution in [2.24, 2.45) is 0 Å². The number of nitrogens with zero attached hydrogens (tertiary/aromatic N) is 3. The Bertz CT molecular complexity index is 923. The van der Waals surface area contributed by atoms with Crippen molar-refractivity contribution in [3.05, 3.63) is 70.0 Å². The molecule has 3 rings (SSSR count). The number of hydrogen-bond acceptors (Lipinski definition) is 4. The van der Waals surface area contributed by atoms with Crippen molar-refractivity contribution < 1.29 is 9.90 Å². The molecule has 6 nitrogen and oxygen atoms in total. The van der Waals surface area contributed by atoms with Gasteiger partial charge in [-0.05, 0) is 49.7 Å². The van der Waals surface area contributed by atoms with Gasteiger partial charge in [-0.15, -0.1) is 5.10 Å². The fourth-order valence-electron chi connectivity index (χ4n) is 2.53. The molecule has 128 valence electrons. The number of phenols is 1. The average Bonchev–Trinajstić information content (AvgIpc) is 2.96. The Labute approximate surface area is 153 Å². The van der Waals surface area contributed by atoms with E-state index in [1.165, 1.54) is 0 Å². The minimum atomic E-state index is -0.311. The van der Waals surface area contributed by atoms with Crippen molar-refractivity contribution in [3.63, 3.8) is 0 Å². The second-order valence-electron chi connectivity index (χ2n) is 5.71. The summed E-state index contributed by atoms with van der Waals surface area (Å²) in [5, 5.41) is 20.6. The lowest BCUT2D eigenvalue weighted by Crippen LogP contribution is -2.27. The zero-order valence-corrected chi connectivity index (χ0v) is 15.4. The normalized spacial score (nSPS) is 12.0. The summed E-state index contributed by atoms with van der Waals surface area (Å²) in [4.78, 5) is 12.5. The molecule has 2 aromatic carbocycles. The molecule has 3 aromatic rings. The van der Waals surface area contributed by atoms with Crippen LogP contribution in [0.4, 0.5) is 0 Å². The van der Waals surface area contributed by atoms with Crippen LogP contribution in [0, 0.1) is 6.92 Å². The van der Waals surface area contributed by atoms with E-state index in [4.69, 9.17) is 0 Å². The highest BCUT2D eigenvalue weighted by Crippen LogP contribution is 2.20. The van der Waals surface area contributed by atoms with Gasteiger partial charge >= 0.3 is 0 Å². The van der Waals surface area contributed by atoms with Gasteiger partial charge in [-0.1, -0.05) is 39.3 Å². The smallest absolute Gasteiger partial charge is 0.274 e.